The SMILES string of the molecule is CC(C)(C)c1ccc(CNC(=O)C2CCCCN2)cc1. The average molecular weight is 274 g/mol. The molecule has 1 unspecified atom stereocenters. The minimum atomic E-state index is -0.00222. The molecule has 2 N–H and O–H groups in total. The summed E-state index contributed by atoms with van der Waals surface area (Å²) in [6, 6.07) is 8.52. The molecule has 3 heteroatoms. The topological polar surface area (TPSA) is 41.1 Å². The minimum Gasteiger partial charge on any atom is -0.351 e. The molecule has 20 heavy (non-hydrogen) atoms. The number of amides is 1. The van der Waals surface area contributed by atoms with Crippen LogP contribution < -0.4 is 10.6 Å². The van der Waals surface area contributed by atoms with E-state index in [2.05, 4.69) is 55.7 Å². The number of rotatable bonds is 3. The second kappa shape index (κ2) is 6.40. The molecule has 1 fully saturated rings. The molecule has 0 aliphatic carbocycles. The van der Waals surface area contributed by atoms with E-state index in [-0.39, 0.29) is 17.4 Å². The van der Waals surface area contributed by atoms with Gasteiger partial charge in [0.05, 0.1) is 6.04 Å². The Morgan fingerprint density at radius 3 is 2.50 bits per heavy atom. The molecule has 0 spiro atoms. The van der Waals surface area contributed by atoms with Crippen molar-refractivity contribution in [3.05, 3.63) is 35.4 Å². The maximum atomic E-state index is 12.0. The zero-order chi connectivity index (χ0) is 14.6. The summed E-state index contributed by atoms with van der Waals surface area (Å²) in [5, 5.41) is 6.30. The number of benzene rings is 1. The van der Waals surface area contributed by atoms with Gasteiger partial charge in [0.25, 0.3) is 0 Å². The van der Waals surface area contributed by atoms with Crippen molar-refractivity contribution in [2.75, 3.05) is 6.54 Å². The third-order valence-electron chi connectivity index (χ3n) is 3.91. The van der Waals surface area contributed by atoms with Gasteiger partial charge in [0.1, 0.15) is 0 Å². The largest absolute Gasteiger partial charge is 0.351 e. The monoisotopic (exact) mass is 274 g/mol. The lowest BCUT2D eigenvalue weighted by molar-refractivity contribution is -0.123. The molecule has 1 aromatic carbocycles. The van der Waals surface area contributed by atoms with Crippen molar-refractivity contribution < 1.29 is 4.79 Å². The average Bonchev–Trinajstić information content (AvgIpc) is 2.45. The molecule has 3 nitrogen and oxygen atoms in total. The van der Waals surface area contributed by atoms with Crippen molar-refractivity contribution in [2.24, 2.45) is 0 Å². The van der Waals surface area contributed by atoms with Gasteiger partial charge in [0.2, 0.25) is 5.91 Å². The van der Waals surface area contributed by atoms with Crippen LogP contribution >= 0.6 is 0 Å². The summed E-state index contributed by atoms with van der Waals surface area (Å²) in [6.07, 6.45) is 3.28. The highest BCUT2D eigenvalue weighted by Gasteiger charge is 2.20. The van der Waals surface area contributed by atoms with E-state index in [0.717, 1.165) is 24.9 Å². The van der Waals surface area contributed by atoms with Gasteiger partial charge in [-0.05, 0) is 35.9 Å². The molecule has 0 radical (unpaired) electrons. The highest BCUT2D eigenvalue weighted by atomic mass is 16.2. The standard InChI is InChI=1S/C17H26N2O/c1-17(2,3)14-9-7-13(8-10-14)12-19-16(20)15-6-4-5-11-18-15/h7-10,15,18H,4-6,11-12H2,1-3H3,(H,19,20). The molecular weight excluding hydrogens is 248 g/mol. The first-order chi connectivity index (χ1) is 9.47. The first kappa shape index (κ1) is 15.0. The highest BCUT2D eigenvalue weighted by Crippen LogP contribution is 2.22. The molecule has 1 aliphatic heterocycles. The van der Waals surface area contributed by atoms with Crippen molar-refractivity contribution in [3.63, 3.8) is 0 Å². The molecular formula is C17H26N2O. The molecule has 0 bridgehead atoms. The van der Waals surface area contributed by atoms with E-state index in [9.17, 15) is 4.79 Å². The fourth-order valence-electron chi connectivity index (χ4n) is 2.51. The maximum Gasteiger partial charge on any atom is 0.237 e. The summed E-state index contributed by atoms with van der Waals surface area (Å²) >= 11 is 0. The predicted molar refractivity (Wildman–Crippen MR) is 82.6 cm³/mol. The third-order valence-corrected chi connectivity index (χ3v) is 3.91. The number of carbonyl (C=O) groups is 1. The summed E-state index contributed by atoms with van der Waals surface area (Å²) in [4.78, 5) is 12.0. The Morgan fingerprint density at radius 1 is 1.25 bits per heavy atom. The van der Waals surface area contributed by atoms with Gasteiger partial charge >= 0.3 is 0 Å². The molecule has 1 aliphatic rings. The second-order valence-electron chi connectivity index (χ2n) is 6.67. The van der Waals surface area contributed by atoms with Crippen LogP contribution in [0.2, 0.25) is 0 Å². The zero-order valence-corrected chi connectivity index (χ0v) is 12.8. The van der Waals surface area contributed by atoms with Crippen LogP contribution in [0.15, 0.2) is 24.3 Å². The number of hydrogen-bond acceptors (Lipinski definition) is 2. The maximum absolute atomic E-state index is 12.0. The molecule has 1 saturated heterocycles. The summed E-state index contributed by atoms with van der Waals surface area (Å²) in [5.74, 6) is 0.129. The lowest BCUT2D eigenvalue weighted by Crippen LogP contribution is -2.46. The van der Waals surface area contributed by atoms with Gasteiger partial charge in [0, 0.05) is 6.54 Å². The summed E-state index contributed by atoms with van der Waals surface area (Å²) in [7, 11) is 0. The van der Waals surface area contributed by atoms with Gasteiger partial charge in [-0.3, -0.25) is 4.79 Å². The Morgan fingerprint density at radius 2 is 1.95 bits per heavy atom. The molecule has 0 aromatic heterocycles. The van der Waals surface area contributed by atoms with Gasteiger partial charge < -0.3 is 10.6 Å². The van der Waals surface area contributed by atoms with Gasteiger partial charge in [-0.2, -0.15) is 0 Å². The predicted octanol–water partition coefficient (Wildman–Crippen LogP) is 2.74. The molecule has 1 aromatic rings. The van der Waals surface area contributed by atoms with Crippen molar-refractivity contribution in [3.8, 4) is 0 Å². The van der Waals surface area contributed by atoms with Crippen LogP contribution in [0.4, 0.5) is 0 Å². The van der Waals surface area contributed by atoms with Crippen molar-refractivity contribution in [1.29, 1.82) is 0 Å². The molecule has 2 rings (SSSR count). The third kappa shape index (κ3) is 4.07. The molecule has 1 atom stereocenters. The molecule has 0 saturated carbocycles. The second-order valence-corrected chi connectivity index (χ2v) is 6.67. The lowest BCUT2D eigenvalue weighted by Gasteiger charge is -2.22. The van der Waals surface area contributed by atoms with Crippen LogP contribution in [0.5, 0.6) is 0 Å². The fourth-order valence-corrected chi connectivity index (χ4v) is 2.51. The Kier molecular flexibility index (Phi) is 4.81. The smallest absolute Gasteiger partial charge is 0.237 e. The van der Waals surface area contributed by atoms with E-state index in [0.29, 0.717) is 6.54 Å². The van der Waals surface area contributed by atoms with E-state index in [1.165, 1.54) is 12.0 Å². The summed E-state index contributed by atoms with van der Waals surface area (Å²) in [5.41, 5.74) is 2.65. The quantitative estimate of drug-likeness (QED) is 0.890. The van der Waals surface area contributed by atoms with Gasteiger partial charge in [-0.1, -0.05) is 51.5 Å². The van der Waals surface area contributed by atoms with Crippen LogP contribution in [0.3, 0.4) is 0 Å². The van der Waals surface area contributed by atoms with Crippen molar-refractivity contribution >= 4 is 5.91 Å². The van der Waals surface area contributed by atoms with Crippen molar-refractivity contribution in [2.45, 2.75) is 58.0 Å². The van der Waals surface area contributed by atoms with E-state index in [4.69, 9.17) is 0 Å². The van der Waals surface area contributed by atoms with Gasteiger partial charge in [0.15, 0.2) is 0 Å². The number of piperidine rings is 1. The Hall–Kier alpha value is -1.35. The lowest BCUT2D eigenvalue weighted by atomic mass is 9.87. The van der Waals surface area contributed by atoms with E-state index < -0.39 is 0 Å². The minimum absolute atomic E-state index is 0.00222. The zero-order valence-electron chi connectivity index (χ0n) is 12.8. The fraction of sp³-hybridized carbons (Fsp3) is 0.588. The molecule has 110 valence electrons. The Labute approximate surface area is 122 Å². The number of carbonyl (C=O) groups excluding carboxylic acids is 1. The first-order valence-electron chi connectivity index (χ1n) is 7.57. The highest BCUT2D eigenvalue weighted by molar-refractivity contribution is 5.81. The first-order valence-corrected chi connectivity index (χ1v) is 7.57. The summed E-state index contributed by atoms with van der Waals surface area (Å²) in [6.45, 7) is 8.19. The van der Waals surface area contributed by atoms with Crippen LogP contribution in [-0.2, 0) is 16.8 Å². The van der Waals surface area contributed by atoms with Crippen molar-refractivity contribution in [1.82, 2.24) is 10.6 Å². The molecule has 1 amide bonds. The Bertz CT molecular complexity index is 439. The Balaban J connectivity index is 1.86. The normalized spacial score (nSPS) is 19.6. The van der Waals surface area contributed by atoms with E-state index >= 15 is 0 Å². The van der Waals surface area contributed by atoms with Crippen LogP contribution in [0.25, 0.3) is 0 Å². The number of hydrogen-bond donors (Lipinski definition) is 2. The molecule has 1 heterocycles. The van der Waals surface area contributed by atoms with Crippen LogP contribution in [0, 0.1) is 0 Å². The summed E-state index contributed by atoms with van der Waals surface area (Å²) < 4.78 is 0. The van der Waals surface area contributed by atoms with Crippen LogP contribution in [0.1, 0.15) is 51.2 Å². The van der Waals surface area contributed by atoms with Gasteiger partial charge in [-0.15, -0.1) is 0 Å². The number of nitrogens with one attached hydrogen (secondary N) is 2. The van der Waals surface area contributed by atoms with Crippen LogP contribution in [-0.4, -0.2) is 18.5 Å². The van der Waals surface area contributed by atoms with E-state index in [1.54, 1.807) is 0 Å². The van der Waals surface area contributed by atoms with Gasteiger partial charge in [-0.25, -0.2) is 0 Å². The van der Waals surface area contributed by atoms with E-state index in [1.807, 2.05) is 0 Å².